The summed E-state index contributed by atoms with van der Waals surface area (Å²) < 4.78 is 0. The zero-order valence-corrected chi connectivity index (χ0v) is 20.3. The Labute approximate surface area is 185 Å². The second-order valence-corrected chi connectivity index (χ2v) is 8.30. The molecule has 1 amide bonds. The smallest absolute Gasteiger partial charge is 0.219 e. The van der Waals surface area contributed by atoms with Gasteiger partial charge < -0.3 is 25.2 Å². The number of unbranched alkanes of at least 4 members (excludes halogenated alkanes) is 5. The van der Waals surface area contributed by atoms with Gasteiger partial charge in [-0.15, -0.1) is 0 Å². The van der Waals surface area contributed by atoms with E-state index in [4.69, 9.17) is 9.90 Å². The van der Waals surface area contributed by atoms with Gasteiger partial charge in [-0.2, -0.15) is 0 Å². The minimum atomic E-state index is -1.08. The molecule has 1 unspecified atom stereocenters. The van der Waals surface area contributed by atoms with E-state index in [1.165, 1.54) is 58.0 Å². The number of aliphatic hydroxyl groups excluding tert-OH is 1. The Balaban J connectivity index is 0. The number of carboxylic acids is 1. The van der Waals surface area contributed by atoms with Gasteiger partial charge in [0.05, 0.1) is 25.7 Å². The zero-order valence-electron chi connectivity index (χ0n) is 20.3. The number of carbonyl (C=O) groups is 2. The number of carbonyl (C=O) groups excluding carboxylic acids is 2. The molecule has 180 valence electrons. The first-order valence-electron chi connectivity index (χ1n) is 12.3. The van der Waals surface area contributed by atoms with Crippen LogP contribution in [0.15, 0.2) is 0 Å². The minimum absolute atomic E-state index is 0.145. The van der Waals surface area contributed by atoms with Crippen LogP contribution in [0.3, 0.4) is 0 Å². The van der Waals surface area contributed by atoms with Gasteiger partial charge in [-0.1, -0.05) is 59.3 Å². The van der Waals surface area contributed by atoms with E-state index in [1.54, 1.807) is 4.90 Å². The first kappa shape index (κ1) is 31.0. The maximum absolute atomic E-state index is 11.9. The van der Waals surface area contributed by atoms with Crippen LogP contribution in [0, 0.1) is 0 Å². The molecule has 0 saturated heterocycles. The molecule has 0 aliphatic carbocycles. The lowest BCUT2D eigenvalue weighted by molar-refractivity contribution is -0.900. The average Bonchev–Trinajstić information content (AvgIpc) is 2.69. The number of carboxylic acid groups (broad SMARTS) is 1. The Morgan fingerprint density at radius 2 is 1.33 bits per heavy atom. The second-order valence-electron chi connectivity index (χ2n) is 8.30. The molecular formula is C24H50N2O4. The minimum Gasteiger partial charge on any atom is -0.550 e. The Morgan fingerprint density at radius 3 is 1.87 bits per heavy atom. The number of nitrogens with one attached hydrogen (secondary N) is 2. The first-order valence-corrected chi connectivity index (χ1v) is 12.3. The van der Waals surface area contributed by atoms with Crippen molar-refractivity contribution >= 4 is 11.9 Å². The summed E-state index contributed by atoms with van der Waals surface area (Å²) >= 11 is 0. The number of aliphatic hydroxyl groups is 1. The normalized spacial score (nSPS) is 11.7. The van der Waals surface area contributed by atoms with Crippen LogP contribution < -0.4 is 15.3 Å². The number of hydrogen-bond acceptors (Lipinski definition) is 4. The predicted molar refractivity (Wildman–Crippen MR) is 122 cm³/mol. The number of aliphatic carboxylic acids is 1. The number of rotatable bonds is 19. The molecule has 0 rings (SSSR count). The summed E-state index contributed by atoms with van der Waals surface area (Å²) in [6, 6.07) is 0. The summed E-state index contributed by atoms with van der Waals surface area (Å²) in [5, 5.41) is 21.9. The molecular weight excluding hydrogens is 380 g/mol. The molecule has 6 heteroatoms. The van der Waals surface area contributed by atoms with E-state index >= 15 is 0 Å². The highest BCUT2D eigenvalue weighted by Gasteiger charge is 2.09. The van der Waals surface area contributed by atoms with Crippen molar-refractivity contribution < 1.29 is 24.7 Å². The van der Waals surface area contributed by atoms with Crippen LogP contribution in [0.1, 0.15) is 111 Å². The van der Waals surface area contributed by atoms with Crippen LogP contribution in [0.2, 0.25) is 0 Å². The molecule has 3 N–H and O–H groups in total. The third-order valence-corrected chi connectivity index (χ3v) is 5.13. The Hall–Kier alpha value is -1.14. The van der Waals surface area contributed by atoms with Gasteiger partial charge in [0, 0.05) is 25.4 Å². The van der Waals surface area contributed by atoms with Crippen LogP contribution in [-0.2, 0) is 9.59 Å². The number of hydrogen-bond donors (Lipinski definition) is 3. The standard InChI is InChI=1S/C22H46N2O2.C2H4O2/c1-4-7-10-11-14-21(25)15-12-16-22(26)23-17-13-20-24(18-8-5-2)19-9-6-3;1-2(3)4/h21,25H,4-20H2,1-3H3,(H,23,26);1H3,(H,3,4). The van der Waals surface area contributed by atoms with Crippen molar-refractivity contribution in [1.29, 1.82) is 0 Å². The Bertz CT molecular complexity index is 379. The fraction of sp³-hybridized carbons (Fsp3) is 0.917. The molecule has 30 heavy (non-hydrogen) atoms. The Morgan fingerprint density at radius 1 is 0.833 bits per heavy atom. The van der Waals surface area contributed by atoms with Crippen molar-refractivity contribution in [2.24, 2.45) is 0 Å². The van der Waals surface area contributed by atoms with Crippen LogP contribution in [0.4, 0.5) is 0 Å². The third-order valence-electron chi connectivity index (χ3n) is 5.13. The molecule has 0 heterocycles. The summed E-state index contributed by atoms with van der Waals surface area (Å²) in [5.74, 6) is -0.938. The van der Waals surface area contributed by atoms with Crippen LogP contribution in [0.5, 0.6) is 0 Å². The van der Waals surface area contributed by atoms with Gasteiger partial charge in [-0.25, -0.2) is 0 Å². The molecule has 0 aliphatic rings. The summed E-state index contributed by atoms with van der Waals surface area (Å²) in [6.07, 6.45) is 13.7. The van der Waals surface area contributed by atoms with Gasteiger partial charge in [0.2, 0.25) is 5.91 Å². The average molecular weight is 431 g/mol. The molecule has 6 nitrogen and oxygen atoms in total. The molecule has 0 radical (unpaired) electrons. The predicted octanol–water partition coefficient (Wildman–Crippen LogP) is 2.24. The summed E-state index contributed by atoms with van der Waals surface area (Å²) in [7, 11) is 0. The van der Waals surface area contributed by atoms with Crippen LogP contribution in [-0.4, -0.2) is 49.3 Å². The SMILES string of the molecule is CC(=O)[O-].CCCCCCC(O)CCCC(=O)NCCC[NH+](CCCC)CCCC. The highest BCUT2D eigenvalue weighted by Crippen LogP contribution is 2.10. The van der Waals surface area contributed by atoms with Gasteiger partial charge >= 0.3 is 0 Å². The lowest BCUT2D eigenvalue weighted by Gasteiger charge is -2.19. The molecule has 0 aromatic carbocycles. The molecule has 1 atom stereocenters. The van der Waals surface area contributed by atoms with Crippen molar-refractivity contribution in [3.05, 3.63) is 0 Å². The van der Waals surface area contributed by atoms with E-state index in [1.807, 2.05) is 0 Å². The number of amides is 1. The Kier molecular flexibility index (Phi) is 25.0. The molecule has 0 bridgehead atoms. The maximum Gasteiger partial charge on any atom is 0.219 e. The van der Waals surface area contributed by atoms with E-state index in [0.29, 0.717) is 6.42 Å². The van der Waals surface area contributed by atoms with E-state index in [2.05, 4.69) is 26.1 Å². The van der Waals surface area contributed by atoms with E-state index in [0.717, 1.165) is 52.1 Å². The lowest BCUT2D eigenvalue weighted by Crippen LogP contribution is -3.12. The molecule has 0 aromatic rings. The van der Waals surface area contributed by atoms with Crippen molar-refractivity contribution in [3.8, 4) is 0 Å². The summed E-state index contributed by atoms with van der Waals surface area (Å²) in [4.78, 5) is 22.5. The van der Waals surface area contributed by atoms with Crippen molar-refractivity contribution in [2.45, 2.75) is 117 Å². The van der Waals surface area contributed by atoms with Gasteiger partial charge in [-0.05, 0) is 39.0 Å². The second kappa shape index (κ2) is 24.1. The summed E-state index contributed by atoms with van der Waals surface area (Å²) in [6.45, 7) is 12.2. The van der Waals surface area contributed by atoms with Crippen molar-refractivity contribution in [1.82, 2.24) is 5.32 Å². The van der Waals surface area contributed by atoms with Gasteiger partial charge in [0.25, 0.3) is 0 Å². The molecule has 0 spiro atoms. The maximum atomic E-state index is 11.9. The topological polar surface area (TPSA) is 93.9 Å². The zero-order chi connectivity index (χ0) is 23.0. The van der Waals surface area contributed by atoms with Crippen LogP contribution >= 0.6 is 0 Å². The largest absolute Gasteiger partial charge is 0.550 e. The monoisotopic (exact) mass is 430 g/mol. The quantitative estimate of drug-likeness (QED) is 0.274. The lowest BCUT2D eigenvalue weighted by atomic mass is 10.0. The summed E-state index contributed by atoms with van der Waals surface area (Å²) in [5.41, 5.74) is 0. The molecule has 0 saturated carbocycles. The fourth-order valence-corrected chi connectivity index (χ4v) is 3.33. The van der Waals surface area contributed by atoms with Gasteiger partial charge in [0.1, 0.15) is 0 Å². The first-order chi connectivity index (χ1) is 14.4. The van der Waals surface area contributed by atoms with Gasteiger partial charge in [-0.3, -0.25) is 4.79 Å². The van der Waals surface area contributed by atoms with Gasteiger partial charge in [0.15, 0.2) is 0 Å². The van der Waals surface area contributed by atoms with Crippen molar-refractivity contribution in [3.63, 3.8) is 0 Å². The molecule has 0 aliphatic heterocycles. The highest BCUT2D eigenvalue weighted by atomic mass is 16.4. The van der Waals surface area contributed by atoms with Crippen molar-refractivity contribution in [2.75, 3.05) is 26.2 Å². The fourth-order valence-electron chi connectivity index (χ4n) is 3.33. The molecule has 0 aromatic heterocycles. The van der Waals surface area contributed by atoms with E-state index < -0.39 is 5.97 Å². The number of quaternary nitrogens is 1. The third kappa shape index (κ3) is 26.9. The molecule has 0 fully saturated rings. The van der Waals surface area contributed by atoms with Crippen LogP contribution in [0.25, 0.3) is 0 Å². The highest BCUT2D eigenvalue weighted by molar-refractivity contribution is 5.75. The van der Waals surface area contributed by atoms with E-state index in [9.17, 15) is 9.90 Å². The van der Waals surface area contributed by atoms with E-state index in [-0.39, 0.29) is 12.0 Å².